The third-order valence-corrected chi connectivity index (χ3v) is 5.07. The molecule has 2 nitrogen and oxygen atoms in total. The van der Waals surface area contributed by atoms with E-state index in [4.69, 9.17) is 4.74 Å². The molecule has 1 aliphatic rings. The van der Waals surface area contributed by atoms with Crippen molar-refractivity contribution in [3.63, 3.8) is 0 Å². The Bertz CT molecular complexity index is 408. The van der Waals surface area contributed by atoms with E-state index in [-0.39, 0.29) is 17.2 Å². The second-order valence-electron chi connectivity index (χ2n) is 4.37. The van der Waals surface area contributed by atoms with E-state index >= 15 is 0 Å². The predicted molar refractivity (Wildman–Crippen MR) is 65.9 cm³/mol. The number of ether oxygens (including phenoxy) is 1. The minimum atomic E-state index is -1.26. The zero-order valence-corrected chi connectivity index (χ0v) is 10.7. The van der Waals surface area contributed by atoms with Crippen molar-refractivity contribution in [3.8, 4) is 0 Å². The zero-order chi connectivity index (χ0) is 12.3. The minimum absolute atomic E-state index is 0.0191. The fraction of sp³-hybridized carbons (Fsp3) is 0.538. The fourth-order valence-electron chi connectivity index (χ4n) is 2.30. The molecular formula is C13H17FO2S. The number of halogens is 1. The van der Waals surface area contributed by atoms with Gasteiger partial charge in [0.1, 0.15) is 5.82 Å². The van der Waals surface area contributed by atoms with Crippen molar-refractivity contribution in [3.05, 3.63) is 30.1 Å². The van der Waals surface area contributed by atoms with Crippen LogP contribution >= 0.6 is 0 Å². The molecule has 2 rings (SSSR count). The fourth-order valence-corrected chi connectivity index (χ4v) is 3.90. The average Bonchev–Trinajstić information content (AvgIpc) is 2.38. The number of methoxy groups -OCH3 is 1. The first kappa shape index (κ1) is 12.7. The van der Waals surface area contributed by atoms with Crippen LogP contribution in [0.25, 0.3) is 0 Å². The molecule has 0 bridgehead atoms. The molecule has 17 heavy (non-hydrogen) atoms. The highest BCUT2D eigenvalue weighted by molar-refractivity contribution is 7.85. The summed E-state index contributed by atoms with van der Waals surface area (Å²) in [5.41, 5.74) is 0. The summed E-state index contributed by atoms with van der Waals surface area (Å²) in [4.78, 5) is 0.328. The highest BCUT2D eigenvalue weighted by Gasteiger charge is 2.28. The van der Waals surface area contributed by atoms with Crippen LogP contribution in [-0.4, -0.2) is 22.7 Å². The van der Waals surface area contributed by atoms with Gasteiger partial charge in [-0.25, -0.2) is 4.39 Å². The lowest BCUT2D eigenvalue weighted by molar-refractivity contribution is 0.0725. The van der Waals surface area contributed by atoms with Crippen LogP contribution in [0.15, 0.2) is 29.2 Å². The van der Waals surface area contributed by atoms with Gasteiger partial charge < -0.3 is 4.74 Å². The molecule has 1 aliphatic carbocycles. The SMILES string of the molecule is COC1CCCC(S(=O)c2ccccc2F)C1. The summed E-state index contributed by atoms with van der Waals surface area (Å²) in [6, 6.07) is 6.33. The van der Waals surface area contributed by atoms with Gasteiger partial charge in [0.05, 0.1) is 21.8 Å². The minimum Gasteiger partial charge on any atom is -0.381 e. The second-order valence-corrected chi connectivity index (χ2v) is 6.08. The summed E-state index contributed by atoms with van der Waals surface area (Å²) in [7, 11) is 0.421. The Hall–Kier alpha value is -0.740. The average molecular weight is 256 g/mol. The van der Waals surface area contributed by atoms with E-state index in [1.54, 1.807) is 25.3 Å². The van der Waals surface area contributed by atoms with Gasteiger partial charge in [0.15, 0.2) is 0 Å². The molecular weight excluding hydrogens is 239 g/mol. The molecule has 0 aliphatic heterocycles. The Morgan fingerprint density at radius 2 is 2.12 bits per heavy atom. The van der Waals surface area contributed by atoms with Crippen LogP contribution in [0.3, 0.4) is 0 Å². The van der Waals surface area contributed by atoms with Crippen molar-refractivity contribution < 1.29 is 13.3 Å². The number of hydrogen-bond donors (Lipinski definition) is 0. The molecule has 1 fully saturated rings. The van der Waals surface area contributed by atoms with Gasteiger partial charge in [0, 0.05) is 12.4 Å². The van der Waals surface area contributed by atoms with Crippen molar-refractivity contribution in [2.45, 2.75) is 41.9 Å². The van der Waals surface area contributed by atoms with Crippen molar-refractivity contribution in [1.29, 1.82) is 0 Å². The maximum atomic E-state index is 13.5. The molecule has 3 unspecified atom stereocenters. The Kier molecular flexibility index (Phi) is 4.29. The largest absolute Gasteiger partial charge is 0.381 e. The Morgan fingerprint density at radius 1 is 1.35 bits per heavy atom. The van der Waals surface area contributed by atoms with Crippen molar-refractivity contribution >= 4 is 10.8 Å². The monoisotopic (exact) mass is 256 g/mol. The smallest absolute Gasteiger partial charge is 0.139 e. The highest BCUT2D eigenvalue weighted by Crippen LogP contribution is 2.28. The first-order valence-electron chi connectivity index (χ1n) is 5.90. The van der Waals surface area contributed by atoms with Crippen LogP contribution in [0.4, 0.5) is 4.39 Å². The van der Waals surface area contributed by atoms with Gasteiger partial charge >= 0.3 is 0 Å². The summed E-state index contributed by atoms with van der Waals surface area (Å²) in [6.45, 7) is 0. The molecule has 0 radical (unpaired) electrons. The molecule has 1 aromatic carbocycles. The molecule has 94 valence electrons. The summed E-state index contributed by atoms with van der Waals surface area (Å²) in [6.07, 6.45) is 3.84. The van der Waals surface area contributed by atoms with Gasteiger partial charge in [0.2, 0.25) is 0 Å². The summed E-state index contributed by atoms with van der Waals surface area (Å²) in [5, 5.41) is 0.0191. The summed E-state index contributed by atoms with van der Waals surface area (Å²) >= 11 is 0. The third kappa shape index (κ3) is 2.93. The van der Waals surface area contributed by atoms with E-state index in [2.05, 4.69) is 0 Å². The normalized spacial score (nSPS) is 26.7. The number of benzene rings is 1. The molecule has 1 saturated carbocycles. The molecule has 3 atom stereocenters. The standard InChI is InChI=1S/C13H17FO2S/c1-16-10-5-4-6-11(9-10)17(15)13-8-3-2-7-12(13)14/h2-3,7-8,10-11H,4-6,9H2,1H3. The van der Waals surface area contributed by atoms with E-state index < -0.39 is 10.8 Å². The van der Waals surface area contributed by atoms with Crippen molar-refractivity contribution in [1.82, 2.24) is 0 Å². The van der Waals surface area contributed by atoms with Crippen LogP contribution in [0, 0.1) is 5.82 Å². The summed E-state index contributed by atoms with van der Waals surface area (Å²) < 4.78 is 31.2. The molecule has 0 saturated heterocycles. The quantitative estimate of drug-likeness (QED) is 0.831. The van der Waals surface area contributed by atoms with Gasteiger partial charge in [-0.05, 0) is 37.8 Å². The van der Waals surface area contributed by atoms with Crippen LogP contribution in [0.5, 0.6) is 0 Å². The van der Waals surface area contributed by atoms with Gasteiger partial charge in [-0.1, -0.05) is 12.1 Å². The van der Waals surface area contributed by atoms with Gasteiger partial charge in [-0.3, -0.25) is 4.21 Å². The second kappa shape index (κ2) is 5.74. The van der Waals surface area contributed by atoms with Gasteiger partial charge in [-0.2, -0.15) is 0 Å². The maximum Gasteiger partial charge on any atom is 0.139 e. The van der Waals surface area contributed by atoms with E-state index in [1.165, 1.54) is 6.07 Å². The van der Waals surface area contributed by atoms with Crippen LogP contribution < -0.4 is 0 Å². The Balaban J connectivity index is 2.12. The van der Waals surface area contributed by atoms with E-state index in [9.17, 15) is 8.60 Å². The van der Waals surface area contributed by atoms with Crippen molar-refractivity contribution in [2.75, 3.05) is 7.11 Å². The first-order valence-corrected chi connectivity index (χ1v) is 7.11. The van der Waals surface area contributed by atoms with Crippen LogP contribution in [0.2, 0.25) is 0 Å². The number of hydrogen-bond acceptors (Lipinski definition) is 2. The predicted octanol–water partition coefficient (Wildman–Crippen LogP) is 2.89. The summed E-state index contributed by atoms with van der Waals surface area (Å²) in [5.74, 6) is -0.370. The lowest BCUT2D eigenvalue weighted by Gasteiger charge is -2.27. The van der Waals surface area contributed by atoms with Gasteiger partial charge in [0.25, 0.3) is 0 Å². The van der Waals surface area contributed by atoms with E-state index in [0.717, 1.165) is 25.7 Å². The number of rotatable bonds is 3. The Morgan fingerprint density at radius 3 is 2.82 bits per heavy atom. The zero-order valence-electron chi connectivity index (χ0n) is 9.90. The first-order chi connectivity index (χ1) is 8.22. The third-order valence-electron chi connectivity index (χ3n) is 3.27. The maximum absolute atomic E-state index is 13.5. The lowest BCUT2D eigenvalue weighted by Crippen LogP contribution is -2.28. The lowest BCUT2D eigenvalue weighted by atomic mass is 9.97. The topological polar surface area (TPSA) is 26.3 Å². The molecule has 0 aromatic heterocycles. The van der Waals surface area contributed by atoms with Crippen LogP contribution in [0.1, 0.15) is 25.7 Å². The molecule has 0 N–H and O–H groups in total. The molecule has 0 heterocycles. The van der Waals surface area contributed by atoms with Crippen molar-refractivity contribution in [2.24, 2.45) is 0 Å². The van der Waals surface area contributed by atoms with Gasteiger partial charge in [-0.15, -0.1) is 0 Å². The molecule has 0 spiro atoms. The molecule has 0 amide bonds. The van der Waals surface area contributed by atoms with E-state index in [1.807, 2.05) is 0 Å². The van der Waals surface area contributed by atoms with Crippen LogP contribution in [-0.2, 0) is 15.5 Å². The van der Waals surface area contributed by atoms with E-state index in [0.29, 0.717) is 4.90 Å². The molecule has 4 heteroatoms. The highest BCUT2D eigenvalue weighted by atomic mass is 32.2. The Labute approximate surface area is 104 Å². The molecule has 1 aromatic rings.